The summed E-state index contributed by atoms with van der Waals surface area (Å²) in [4.78, 5) is 33.1. The van der Waals surface area contributed by atoms with E-state index in [1.807, 2.05) is 48.5 Å². The van der Waals surface area contributed by atoms with Gasteiger partial charge in [0.1, 0.15) is 11.7 Å². The molecular formula is C23H29ClN8O2. The third kappa shape index (κ3) is 7.11. The summed E-state index contributed by atoms with van der Waals surface area (Å²) in [5.41, 5.74) is 3.27. The van der Waals surface area contributed by atoms with Crippen molar-refractivity contribution in [3.63, 3.8) is 0 Å². The molecule has 2 aliphatic heterocycles. The largest absolute Gasteiger partial charge is 0.368 e. The second-order valence-corrected chi connectivity index (χ2v) is 7.59. The van der Waals surface area contributed by atoms with Crippen LogP contribution in [0.5, 0.6) is 0 Å². The Morgan fingerprint density at radius 2 is 1.24 bits per heavy atom. The summed E-state index contributed by atoms with van der Waals surface area (Å²) in [6.07, 6.45) is 0.600. The Kier molecular flexibility index (Phi) is 9.10. The first-order valence-corrected chi connectivity index (χ1v) is 11.0. The normalized spacial score (nSPS) is 14.0. The van der Waals surface area contributed by atoms with E-state index in [4.69, 9.17) is 0 Å². The fourth-order valence-electron chi connectivity index (χ4n) is 3.51. The van der Waals surface area contributed by atoms with Gasteiger partial charge in [0.2, 0.25) is 0 Å². The number of carbonyl (C=O) groups is 2. The van der Waals surface area contributed by atoms with Crippen LogP contribution < -0.4 is 31.9 Å². The number of aliphatic imine (C=N–C) groups is 2. The summed E-state index contributed by atoms with van der Waals surface area (Å²) >= 11 is 0. The van der Waals surface area contributed by atoms with Crippen molar-refractivity contribution in [3.8, 4) is 0 Å². The molecule has 0 unspecified atom stereocenters. The summed E-state index contributed by atoms with van der Waals surface area (Å²) in [7, 11) is 0. The van der Waals surface area contributed by atoms with Crippen LogP contribution in [-0.4, -0.2) is 63.0 Å². The molecule has 0 aliphatic carbocycles. The highest BCUT2D eigenvalue weighted by Gasteiger charge is 2.10. The van der Waals surface area contributed by atoms with E-state index in [-0.39, 0.29) is 24.5 Å². The molecule has 2 heterocycles. The number of hydrogen-bond donors (Lipinski definition) is 6. The highest BCUT2D eigenvalue weighted by molar-refractivity contribution is 6.02. The van der Waals surface area contributed by atoms with Crippen molar-refractivity contribution in [3.05, 3.63) is 59.7 Å². The van der Waals surface area contributed by atoms with E-state index in [1.54, 1.807) is 0 Å². The van der Waals surface area contributed by atoms with Gasteiger partial charge in [-0.25, -0.2) is 9.59 Å². The minimum absolute atomic E-state index is 0. The van der Waals surface area contributed by atoms with Gasteiger partial charge >= 0.3 is 12.1 Å². The molecule has 0 spiro atoms. The molecular weight excluding hydrogens is 456 g/mol. The lowest BCUT2D eigenvalue weighted by atomic mass is 10.2. The molecule has 2 aromatic carbocycles. The van der Waals surface area contributed by atoms with E-state index >= 15 is 0 Å². The van der Waals surface area contributed by atoms with E-state index in [0.29, 0.717) is 30.9 Å². The Morgan fingerprint density at radius 1 is 0.765 bits per heavy atom. The van der Waals surface area contributed by atoms with Crippen LogP contribution in [0.4, 0.5) is 21.0 Å². The van der Waals surface area contributed by atoms with Gasteiger partial charge in [-0.15, -0.1) is 12.4 Å². The van der Waals surface area contributed by atoms with Crippen LogP contribution >= 0.6 is 12.4 Å². The molecule has 2 aliphatic rings. The molecule has 0 atom stereocenters. The molecule has 10 nitrogen and oxygen atoms in total. The monoisotopic (exact) mass is 484 g/mol. The van der Waals surface area contributed by atoms with Crippen molar-refractivity contribution >= 4 is 47.5 Å². The second-order valence-electron chi connectivity index (χ2n) is 7.59. The second kappa shape index (κ2) is 12.4. The first-order valence-electron chi connectivity index (χ1n) is 11.0. The smallest absolute Gasteiger partial charge is 0.319 e. The van der Waals surface area contributed by atoms with Crippen LogP contribution in [0.15, 0.2) is 58.5 Å². The van der Waals surface area contributed by atoms with Crippen LogP contribution in [0.3, 0.4) is 0 Å². The molecule has 0 saturated carbocycles. The summed E-state index contributed by atoms with van der Waals surface area (Å²) in [5.74, 6) is 1.69. The lowest BCUT2D eigenvalue weighted by molar-refractivity contribution is 0.251. The number of nitrogens with zero attached hydrogens (tertiary/aromatic N) is 2. The number of amides is 4. The Hall–Kier alpha value is -3.79. The molecule has 2 aromatic rings. The van der Waals surface area contributed by atoms with Crippen molar-refractivity contribution in [1.82, 2.24) is 21.3 Å². The number of carbonyl (C=O) groups excluding carboxylic acids is 2. The first-order chi connectivity index (χ1) is 16.2. The van der Waals surface area contributed by atoms with Gasteiger partial charge in [0.15, 0.2) is 0 Å². The highest BCUT2D eigenvalue weighted by atomic mass is 35.5. The van der Waals surface area contributed by atoms with Crippen LogP contribution in [0.2, 0.25) is 0 Å². The Bertz CT molecular complexity index is 989. The third-order valence-electron chi connectivity index (χ3n) is 5.06. The molecule has 0 fully saturated rings. The maximum Gasteiger partial charge on any atom is 0.319 e. The van der Waals surface area contributed by atoms with Crippen molar-refractivity contribution in [2.75, 3.05) is 49.9 Å². The van der Waals surface area contributed by atoms with Crippen molar-refractivity contribution in [1.29, 1.82) is 0 Å². The zero-order valence-electron chi connectivity index (χ0n) is 18.7. The van der Waals surface area contributed by atoms with Crippen molar-refractivity contribution in [2.45, 2.75) is 6.42 Å². The zero-order valence-corrected chi connectivity index (χ0v) is 19.5. The minimum atomic E-state index is -0.293. The quantitative estimate of drug-likeness (QED) is 0.320. The van der Waals surface area contributed by atoms with E-state index in [2.05, 4.69) is 41.9 Å². The number of halogens is 1. The lowest BCUT2D eigenvalue weighted by Crippen LogP contribution is -2.34. The van der Waals surface area contributed by atoms with Gasteiger partial charge in [-0.3, -0.25) is 9.98 Å². The number of hydrogen-bond acceptors (Lipinski definition) is 6. The van der Waals surface area contributed by atoms with Gasteiger partial charge in [-0.05, 0) is 30.7 Å². The fraction of sp³-hybridized carbons (Fsp3) is 0.304. The third-order valence-corrected chi connectivity index (χ3v) is 5.06. The maximum atomic E-state index is 12.1. The maximum absolute atomic E-state index is 12.1. The number of rotatable bonds is 8. The van der Waals surface area contributed by atoms with Gasteiger partial charge in [-0.1, -0.05) is 24.3 Å². The minimum Gasteiger partial charge on any atom is -0.368 e. The molecule has 4 rings (SSSR count). The van der Waals surface area contributed by atoms with Gasteiger partial charge in [-0.2, -0.15) is 0 Å². The summed E-state index contributed by atoms with van der Waals surface area (Å²) in [5, 5.41) is 17.7. The SMILES string of the molecule is Cl.O=C(NCCCNC(=O)Nc1cccc(C2=NCCN2)c1)Nc1cccc(C2=NCCN2)c1. The predicted octanol–water partition coefficient (Wildman–Crippen LogP) is 2.14. The van der Waals surface area contributed by atoms with E-state index in [9.17, 15) is 9.59 Å². The molecule has 6 N–H and O–H groups in total. The molecule has 0 saturated heterocycles. The Balaban J connectivity index is 0.00000324. The Morgan fingerprint density at radius 3 is 1.65 bits per heavy atom. The topological polar surface area (TPSA) is 131 Å². The number of amidine groups is 2. The van der Waals surface area contributed by atoms with Crippen LogP contribution in [0.25, 0.3) is 0 Å². The van der Waals surface area contributed by atoms with Crippen LogP contribution in [0.1, 0.15) is 17.5 Å². The molecule has 0 radical (unpaired) electrons. The fourth-order valence-corrected chi connectivity index (χ4v) is 3.51. The first kappa shape index (κ1) is 24.8. The van der Waals surface area contributed by atoms with E-state index in [1.165, 1.54) is 0 Å². The van der Waals surface area contributed by atoms with Crippen LogP contribution in [0, 0.1) is 0 Å². The summed E-state index contributed by atoms with van der Waals surface area (Å²) in [6.45, 7) is 4.05. The average Bonchev–Trinajstić information content (AvgIpc) is 3.54. The summed E-state index contributed by atoms with van der Waals surface area (Å²) in [6, 6.07) is 14.5. The highest BCUT2D eigenvalue weighted by Crippen LogP contribution is 2.13. The lowest BCUT2D eigenvalue weighted by Gasteiger charge is -2.11. The Labute approximate surface area is 204 Å². The zero-order chi connectivity index (χ0) is 22.9. The van der Waals surface area contributed by atoms with Gasteiger partial charge in [0, 0.05) is 48.7 Å². The predicted molar refractivity (Wildman–Crippen MR) is 138 cm³/mol. The standard InChI is InChI=1S/C23H28N8O2.ClH/c32-22(30-18-6-1-4-16(14-18)20-24-10-11-25-20)28-8-3-9-29-23(33)31-19-7-2-5-17(15-19)21-26-12-13-27-21;/h1-2,4-7,14-15H,3,8-13H2,(H,24,25)(H,26,27)(H2,28,30,32)(H2,29,31,33);1H. The summed E-state index contributed by atoms with van der Waals surface area (Å²) < 4.78 is 0. The molecule has 0 aromatic heterocycles. The number of anilines is 2. The van der Waals surface area contributed by atoms with Crippen LogP contribution in [-0.2, 0) is 0 Å². The van der Waals surface area contributed by atoms with Gasteiger partial charge < -0.3 is 31.9 Å². The number of urea groups is 2. The molecule has 4 amide bonds. The molecule has 11 heteroatoms. The van der Waals surface area contributed by atoms with Gasteiger partial charge in [0.05, 0.1) is 13.1 Å². The van der Waals surface area contributed by atoms with Crippen molar-refractivity contribution < 1.29 is 9.59 Å². The molecule has 180 valence electrons. The number of benzene rings is 2. The van der Waals surface area contributed by atoms with E-state index < -0.39 is 0 Å². The molecule has 34 heavy (non-hydrogen) atoms. The average molecular weight is 485 g/mol. The van der Waals surface area contributed by atoms with E-state index in [0.717, 1.165) is 49.0 Å². The van der Waals surface area contributed by atoms with Crippen molar-refractivity contribution in [2.24, 2.45) is 9.98 Å². The van der Waals surface area contributed by atoms with Gasteiger partial charge in [0.25, 0.3) is 0 Å². The number of nitrogens with one attached hydrogen (secondary N) is 6. The molecule has 0 bridgehead atoms.